The van der Waals surface area contributed by atoms with Gasteiger partial charge in [-0.2, -0.15) is 4.98 Å². The molecule has 0 saturated heterocycles. The predicted molar refractivity (Wildman–Crippen MR) is 93.2 cm³/mol. The first kappa shape index (κ1) is 18.5. The van der Waals surface area contributed by atoms with Crippen molar-refractivity contribution in [3.63, 3.8) is 0 Å². The molecule has 2 aromatic carbocycles. The van der Waals surface area contributed by atoms with E-state index in [1.54, 1.807) is 0 Å². The molecule has 1 heterocycles. The molecule has 0 aliphatic rings. The highest BCUT2D eigenvalue weighted by atomic mass is 32.2. The summed E-state index contributed by atoms with van der Waals surface area (Å²) < 4.78 is 38.2. The van der Waals surface area contributed by atoms with Gasteiger partial charge >= 0.3 is 5.97 Å². The van der Waals surface area contributed by atoms with E-state index in [1.807, 2.05) is 30.3 Å². The van der Waals surface area contributed by atoms with Gasteiger partial charge in [-0.15, -0.1) is 0 Å². The summed E-state index contributed by atoms with van der Waals surface area (Å²) >= 11 is 0. The first-order chi connectivity index (χ1) is 12.9. The molecule has 0 bridgehead atoms. The Morgan fingerprint density at radius 3 is 2.59 bits per heavy atom. The molecule has 27 heavy (non-hydrogen) atoms. The Labute approximate surface area is 154 Å². The van der Waals surface area contributed by atoms with E-state index in [0.29, 0.717) is 5.82 Å². The van der Waals surface area contributed by atoms with E-state index in [0.717, 1.165) is 11.6 Å². The van der Waals surface area contributed by atoms with Crippen molar-refractivity contribution < 1.29 is 27.2 Å². The molecule has 0 atom stereocenters. The highest BCUT2D eigenvalue weighted by molar-refractivity contribution is 7.89. The van der Waals surface area contributed by atoms with Crippen LogP contribution < -0.4 is 9.88 Å². The van der Waals surface area contributed by atoms with Gasteiger partial charge in [0.05, 0.1) is 12.0 Å². The third kappa shape index (κ3) is 4.30. The number of hydrogen-bond acceptors (Lipinski definition) is 8. The van der Waals surface area contributed by atoms with Crippen molar-refractivity contribution in [1.29, 1.82) is 0 Å². The molecule has 0 saturated carbocycles. The highest BCUT2D eigenvalue weighted by Gasteiger charge is 2.19. The van der Waals surface area contributed by atoms with E-state index < -0.39 is 16.0 Å². The van der Waals surface area contributed by atoms with Crippen LogP contribution in [0.15, 0.2) is 57.9 Å². The average molecular weight is 389 g/mol. The molecule has 0 amide bonds. The average Bonchev–Trinajstić information content (AvgIpc) is 3.14. The van der Waals surface area contributed by atoms with Crippen molar-refractivity contribution >= 4 is 16.0 Å². The monoisotopic (exact) mass is 389 g/mol. The minimum atomic E-state index is -3.98. The zero-order chi connectivity index (χ0) is 19.4. The van der Waals surface area contributed by atoms with E-state index in [4.69, 9.17) is 19.1 Å². The Hall–Kier alpha value is -3.24. The van der Waals surface area contributed by atoms with Crippen molar-refractivity contribution in [1.82, 2.24) is 10.1 Å². The van der Waals surface area contributed by atoms with Crippen LogP contribution in [0.1, 0.15) is 16.2 Å². The van der Waals surface area contributed by atoms with Crippen LogP contribution in [0.4, 0.5) is 0 Å². The van der Waals surface area contributed by atoms with Crippen LogP contribution in [0.5, 0.6) is 5.75 Å². The first-order valence-corrected chi connectivity index (χ1v) is 9.19. The number of nitrogens with zero attached hydrogens (tertiary/aromatic N) is 2. The number of methoxy groups -OCH3 is 1. The van der Waals surface area contributed by atoms with Crippen molar-refractivity contribution in [3.8, 4) is 17.1 Å². The molecule has 0 fully saturated rings. The molecule has 0 unspecified atom stereocenters. The lowest BCUT2D eigenvalue weighted by Crippen LogP contribution is -2.14. The number of hydrogen-bond donors (Lipinski definition) is 1. The number of sulfonamides is 1. The van der Waals surface area contributed by atoms with Crippen molar-refractivity contribution in [2.24, 2.45) is 5.14 Å². The van der Waals surface area contributed by atoms with Crippen LogP contribution in [0.25, 0.3) is 11.4 Å². The summed E-state index contributed by atoms with van der Waals surface area (Å²) in [6.45, 7) is -0.290. The smallest absolute Gasteiger partial charge is 0.342 e. The Morgan fingerprint density at radius 2 is 1.93 bits per heavy atom. The van der Waals surface area contributed by atoms with Crippen LogP contribution in [0, 0.1) is 0 Å². The molecule has 0 aliphatic heterocycles. The van der Waals surface area contributed by atoms with Crippen LogP contribution >= 0.6 is 0 Å². The van der Waals surface area contributed by atoms with Gasteiger partial charge in [-0.05, 0) is 18.2 Å². The lowest BCUT2D eigenvalue weighted by molar-refractivity contribution is 0.0426. The fourth-order valence-corrected chi connectivity index (χ4v) is 2.79. The number of ether oxygens (including phenoxy) is 2. The largest absolute Gasteiger partial charge is 0.496 e. The number of primary sulfonamides is 1. The molecule has 1 aromatic heterocycles. The first-order valence-electron chi connectivity index (χ1n) is 7.64. The molecule has 3 aromatic rings. The number of carbonyl (C=O) groups is 1. The van der Waals surface area contributed by atoms with E-state index >= 15 is 0 Å². The fraction of sp³-hybridized carbons (Fsp3) is 0.118. The van der Waals surface area contributed by atoms with Crippen molar-refractivity contribution in [3.05, 3.63) is 60.0 Å². The van der Waals surface area contributed by atoms with Gasteiger partial charge in [0, 0.05) is 5.56 Å². The fourth-order valence-electron chi connectivity index (χ4n) is 2.25. The molecule has 10 heteroatoms. The maximum absolute atomic E-state index is 12.3. The number of benzene rings is 2. The molecule has 2 N–H and O–H groups in total. The summed E-state index contributed by atoms with van der Waals surface area (Å²) in [5, 5.41) is 8.91. The van der Waals surface area contributed by atoms with Gasteiger partial charge < -0.3 is 14.0 Å². The van der Waals surface area contributed by atoms with Gasteiger partial charge in [0.15, 0.2) is 6.61 Å². The predicted octanol–water partition coefficient (Wildman–Crippen LogP) is 1.75. The third-order valence-corrected chi connectivity index (χ3v) is 4.46. The number of aromatic nitrogens is 2. The Morgan fingerprint density at radius 1 is 1.19 bits per heavy atom. The van der Waals surface area contributed by atoms with E-state index in [9.17, 15) is 13.2 Å². The van der Waals surface area contributed by atoms with Gasteiger partial charge in [-0.3, -0.25) is 0 Å². The zero-order valence-electron chi connectivity index (χ0n) is 14.2. The quantitative estimate of drug-likeness (QED) is 0.630. The molecular formula is C17H15N3O6S. The summed E-state index contributed by atoms with van der Waals surface area (Å²) in [4.78, 5) is 16.2. The summed E-state index contributed by atoms with van der Waals surface area (Å²) in [5.41, 5.74) is 0.660. The second-order valence-corrected chi connectivity index (χ2v) is 6.92. The molecule has 0 aliphatic carbocycles. The van der Waals surface area contributed by atoms with Crippen LogP contribution in [0.2, 0.25) is 0 Å². The van der Waals surface area contributed by atoms with Gasteiger partial charge in [-0.25, -0.2) is 18.4 Å². The summed E-state index contributed by atoms with van der Waals surface area (Å²) in [5.74, 6) is -0.237. The van der Waals surface area contributed by atoms with Crippen molar-refractivity contribution in [2.75, 3.05) is 7.11 Å². The number of esters is 1. The topological polar surface area (TPSA) is 135 Å². The molecule has 0 spiro atoms. The van der Waals surface area contributed by atoms with E-state index in [-0.39, 0.29) is 28.7 Å². The number of nitrogens with two attached hydrogens (primary N) is 1. The number of carbonyl (C=O) groups excluding carboxylic acids is 1. The van der Waals surface area contributed by atoms with Crippen LogP contribution in [0.3, 0.4) is 0 Å². The van der Waals surface area contributed by atoms with E-state index in [2.05, 4.69) is 10.1 Å². The zero-order valence-corrected chi connectivity index (χ0v) is 15.0. The Kier molecular flexibility index (Phi) is 5.19. The van der Waals surface area contributed by atoms with Crippen LogP contribution in [-0.2, 0) is 21.4 Å². The van der Waals surface area contributed by atoms with Gasteiger partial charge in [-0.1, -0.05) is 35.5 Å². The maximum Gasteiger partial charge on any atom is 0.342 e. The van der Waals surface area contributed by atoms with E-state index in [1.165, 1.54) is 19.2 Å². The summed E-state index contributed by atoms with van der Waals surface area (Å²) in [6.07, 6.45) is 0. The summed E-state index contributed by atoms with van der Waals surface area (Å²) in [6, 6.07) is 12.8. The standard InChI is InChI=1S/C17H15N3O6S/c1-24-14-8-7-12(27(18,22)23)9-13(14)17(21)25-10-15-19-16(20-26-15)11-5-3-2-4-6-11/h2-9H,10H2,1H3,(H2,18,22,23). The summed E-state index contributed by atoms with van der Waals surface area (Å²) in [7, 11) is -2.64. The molecule has 140 valence electrons. The maximum atomic E-state index is 12.3. The lowest BCUT2D eigenvalue weighted by Gasteiger charge is -2.09. The van der Waals surface area contributed by atoms with Gasteiger partial charge in [0.2, 0.25) is 15.8 Å². The second-order valence-electron chi connectivity index (χ2n) is 5.36. The Balaban J connectivity index is 1.76. The third-order valence-electron chi connectivity index (χ3n) is 3.55. The van der Waals surface area contributed by atoms with Crippen molar-refractivity contribution in [2.45, 2.75) is 11.5 Å². The van der Waals surface area contributed by atoms with Gasteiger partial charge in [0.1, 0.15) is 11.3 Å². The minimum Gasteiger partial charge on any atom is -0.496 e. The Bertz CT molecular complexity index is 1060. The lowest BCUT2D eigenvalue weighted by atomic mass is 10.2. The normalized spacial score (nSPS) is 11.2. The molecular weight excluding hydrogens is 374 g/mol. The molecule has 0 radical (unpaired) electrons. The second kappa shape index (κ2) is 7.56. The SMILES string of the molecule is COc1ccc(S(N)(=O)=O)cc1C(=O)OCc1nc(-c2ccccc2)no1. The number of rotatable bonds is 6. The van der Waals surface area contributed by atoms with Gasteiger partial charge in [0.25, 0.3) is 5.89 Å². The van der Waals surface area contributed by atoms with Crippen LogP contribution in [-0.4, -0.2) is 31.6 Å². The molecule has 9 nitrogen and oxygen atoms in total. The minimum absolute atomic E-state index is 0.0868. The highest BCUT2D eigenvalue weighted by Crippen LogP contribution is 2.23. The molecule has 3 rings (SSSR count).